The van der Waals surface area contributed by atoms with Crippen molar-refractivity contribution < 1.29 is 4.79 Å². The van der Waals surface area contributed by atoms with Crippen LogP contribution in [0.15, 0.2) is 18.3 Å². The van der Waals surface area contributed by atoms with E-state index in [0.29, 0.717) is 35.4 Å². The van der Waals surface area contributed by atoms with Crippen molar-refractivity contribution >= 4 is 23.2 Å². The minimum atomic E-state index is -0.0213. The van der Waals surface area contributed by atoms with Gasteiger partial charge in [0.25, 0.3) is 0 Å². The van der Waals surface area contributed by atoms with Gasteiger partial charge in [-0.25, -0.2) is 4.98 Å². The number of aromatic nitrogens is 1. The molecule has 1 N–H and O–H groups in total. The van der Waals surface area contributed by atoms with Gasteiger partial charge < -0.3 is 5.32 Å². The lowest BCUT2D eigenvalue weighted by Crippen LogP contribution is -2.43. The quantitative estimate of drug-likeness (QED) is 0.783. The average molecular weight is 310 g/mol. The molecule has 5 heteroatoms. The third-order valence-corrected chi connectivity index (χ3v) is 4.67. The number of halogens is 1. The van der Waals surface area contributed by atoms with E-state index in [1.54, 1.807) is 18.3 Å². The van der Waals surface area contributed by atoms with Gasteiger partial charge in [-0.1, -0.05) is 31.9 Å². The lowest BCUT2D eigenvalue weighted by atomic mass is 9.99. The third kappa shape index (κ3) is 4.42. The summed E-state index contributed by atoms with van der Waals surface area (Å²) in [4.78, 5) is 18.6. The van der Waals surface area contributed by atoms with Crippen LogP contribution in [-0.2, 0) is 4.79 Å². The molecule has 1 amide bonds. The SMILES string of the molecule is CCC(C)C(C)N(CC(=O)Nc1cccnc1Cl)C1CC1. The molecular formula is C16H24ClN3O. The maximum Gasteiger partial charge on any atom is 0.238 e. The molecule has 0 aromatic carbocycles. The van der Waals surface area contributed by atoms with Crippen LogP contribution < -0.4 is 5.32 Å². The molecule has 21 heavy (non-hydrogen) atoms. The number of rotatable bonds is 7. The van der Waals surface area contributed by atoms with Crippen molar-refractivity contribution in [1.29, 1.82) is 0 Å². The van der Waals surface area contributed by atoms with Gasteiger partial charge in [-0.3, -0.25) is 9.69 Å². The molecule has 1 fully saturated rings. The van der Waals surface area contributed by atoms with Crippen LogP contribution in [0.2, 0.25) is 5.15 Å². The number of carbonyl (C=O) groups is 1. The Morgan fingerprint density at radius 3 is 2.81 bits per heavy atom. The lowest BCUT2D eigenvalue weighted by Gasteiger charge is -2.32. The minimum Gasteiger partial charge on any atom is -0.322 e. The van der Waals surface area contributed by atoms with E-state index in [0.717, 1.165) is 6.42 Å². The Balaban J connectivity index is 1.97. The standard InChI is InChI=1S/C16H24ClN3O/c1-4-11(2)12(3)20(13-7-8-13)10-15(21)19-14-6-5-9-18-16(14)17/h5-6,9,11-13H,4,7-8,10H2,1-3H3,(H,19,21). The molecule has 0 saturated heterocycles. The van der Waals surface area contributed by atoms with Gasteiger partial charge in [-0.15, -0.1) is 0 Å². The van der Waals surface area contributed by atoms with E-state index in [2.05, 4.69) is 36.0 Å². The van der Waals surface area contributed by atoms with Crippen LogP contribution >= 0.6 is 11.6 Å². The second-order valence-corrected chi connectivity index (χ2v) is 6.28. The van der Waals surface area contributed by atoms with E-state index >= 15 is 0 Å². The highest BCUT2D eigenvalue weighted by Gasteiger charge is 2.34. The molecule has 1 aromatic heterocycles. The largest absolute Gasteiger partial charge is 0.322 e. The molecule has 116 valence electrons. The number of nitrogens with zero attached hydrogens (tertiary/aromatic N) is 2. The fourth-order valence-electron chi connectivity index (χ4n) is 2.51. The molecule has 0 radical (unpaired) electrons. The maximum atomic E-state index is 12.3. The highest BCUT2D eigenvalue weighted by atomic mass is 35.5. The maximum absolute atomic E-state index is 12.3. The summed E-state index contributed by atoms with van der Waals surface area (Å²) in [5.74, 6) is 0.562. The van der Waals surface area contributed by atoms with E-state index in [1.165, 1.54) is 12.8 Å². The number of hydrogen-bond donors (Lipinski definition) is 1. The Kier molecular flexibility index (Phi) is 5.59. The predicted molar refractivity (Wildman–Crippen MR) is 86.5 cm³/mol. The Morgan fingerprint density at radius 1 is 1.52 bits per heavy atom. The summed E-state index contributed by atoms with van der Waals surface area (Å²) in [5, 5.41) is 3.19. The molecular weight excluding hydrogens is 286 g/mol. The first-order valence-corrected chi connectivity index (χ1v) is 8.06. The Hall–Kier alpha value is -1.13. The number of hydrogen-bond acceptors (Lipinski definition) is 3. The molecule has 2 unspecified atom stereocenters. The number of anilines is 1. The van der Waals surface area contributed by atoms with Gasteiger partial charge in [-0.05, 0) is 37.8 Å². The van der Waals surface area contributed by atoms with Gasteiger partial charge in [0.05, 0.1) is 12.2 Å². The molecule has 1 aliphatic carbocycles. The van der Waals surface area contributed by atoms with Gasteiger partial charge in [0, 0.05) is 18.3 Å². The Morgan fingerprint density at radius 2 is 2.24 bits per heavy atom. The topological polar surface area (TPSA) is 45.2 Å². The van der Waals surface area contributed by atoms with Crippen molar-refractivity contribution in [3.63, 3.8) is 0 Å². The van der Waals surface area contributed by atoms with E-state index in [4.69, 9.17) is 11.6 Å². The third-order valence-electron chi connectivity index (χ3n) is 4.37. The van der Waals surface area contributed by atoms with Crippen molar-refractivity contribution in [2.75, 3.05) is 11.9 Å². The highest BCUT2D eigenvalue weighted by Crippen LogP contribution is 2.31. The number of nitrogens with one attached hydrogen (secondary N) is 1. The fraction of sp³-hybridized carbons (Fsp3) is 0.625. The van der Waals surface area contributed by atoms with E-state index in [9.17, 15) is 4.79 Å². The smallest absolute Gasteiger partial charge is 0.238 e. The van der Waals surface area contributed by atoms with Crippen LogP contribution in [0.25, 0.3) is 0 Å². The van der Waals surface area contributed by atoms with Gasteiger partial charge >= 0.3 is 0 Å². The summed E-state index contributed by atoms with van der Waals surface area (Å²) < 4.78 is 0. The Bertz CT molecular complexity index is 490. The monoisotopic (exact) mass is 309 g/mol. The Labute approximate surface area is 131 Å². The van der Waals surface area contributed by atoms with Crippen LogP contribution in [0.4, 0.5) is 5.69 Å². The van der Waals surface area contributed by atoms with Gasteiger partial charge in [0.1, 0.15) is 0 Å². The van der Waals surface area contributed by atoms with Gasteiger partial charge in [0.2, 0.25) is 5.91 Å². The molecule has 0 aliphatic heterocycles. The zero-order valence-electron chi connectivity index (χ0n) is 13.0. The summed E-state index contributed by atoms with van der Waals surface area (Å²) >= 11 is 5.98. The normalized spacial score (nSPS) is 17.6. The molecule has 2 rings (SSSR count). The first-order valence-electron chi connectivity index (χ1n) is 7.69. The predicted octanol–water partition coefficient (Wildman–Crippen LogP) is 3.57. The zero-order chi connectivity index (χ0) is 15.4. The summed E-state index contributed by atoms with van der Waals surface area (Å²) in [6.07, 6.45) is 5.13. The fourth-order valence-corrected chi connectivity index (χ4v) is 2.68. The molecule has 1 aromatic rings. The number of pyridine rings is 1. The second kappa shape index (κ2) is 7.23. The second-order valence-electron chi connectivity index (χ2n) is 5.92. The summed E-state index contributed by atoms with van der Waals surface area (Å²) in [7, 11) is 0. The van der Waals surface area contributed by atoms with E-state index in [1.807, 2.05) is 0 Å². The lowest BCUT2D eigenvalue weighted by molar-refractivity contribution is -0.118. The number of amides is 1. The summed E-state index contributed by atoms with van der Waals surface area (Å²) in [6.45, 7) is 7.08. The highest BCUT2D eigenvalue weighted by molar-refractivity contribution is 6.32. The van der Waals surface area contributed by atoms with E-state index < -0.39 is 0 Å². The minimum absolute atomic E-state index is 0.0213. The zero-order valence-corrected chi connectivity index (χ0v) is 13.7. The molecule has 4 nitrogen and oxygen atoms in total. The van der Waals surface area contributed by atoms with Gasteiger partial charge in [0.15, 0.2) is 5.15 Å². The average Bonchev–Trinajstić information content (AvgIpc) is 3.30. The first kappa shape index (κ1) is 16.2. The van der Waals surface area contributed by atoms with Gasteiger partial charge in [-0.2, -0.15) is 0 Å². The van der Waals surface area contributed by atoms with E-state index in [-0.39, 0.29) is 5.91 Å². The van der Waals surface area contributed by atoms with Crippen molar-refractivity contribution in [2.45, 2.75) is 52.1 Å². The van der Waals surface area contributed by atoms with Crippen LogP contribution in [-0.4, -0.2) is 34.4 Å². The molecule has 0 bridgehead atoms. The van der Waals surface area contributed by atoms with Crippen molar-refractivity contribution in [3.05, 3.63) is 23.5 Å². The molecule has 0 spiro atoms. The van der Waals surface area contributed by atoms with Crippen LogP contribution in [0.3, 0.4) is 0 Å². The van der Waals surface area contributed by atoms with Crippen molar-refractivity contribution in [3.8, 4) is 0 Å². The molecule has 1 aliphatic rings. The molecule has 2 atom stereocenters. The van der Waals surface area contributed by atoms with Crippen LogP contribution in [0, 0.1) is 5.92 Å². The number of carbonyl (C=O) groups excluding carboxylic acids is 1. The molecule has 1 saturated carbocycles. The summed E-state index contributed by atoms with van der Waals surface area (Å²) in [5.41, 5.74) is 0.580. The first-order chi connectivity index (χ1) is 10.0. The summed E-state index contributed by atoms with van der Waals surface area (Å²) in [6, 6.07) is 4.51. The van der Waals surface area contributed by atoms with Crippen LogP contribution in [0.1, 0.15) is 40.0 Å². The van der Waals surface area contributed by atoms with Crippen LogP contribution in [0.5, 0.6) is 0 Å². The molecule has 1 heterocycles. The van der Waals surface area contributed by atoms with Crippen molar-refractivity contribution in [1.82, 2.24) is 9.88 Å². The van der Waals surface area contributed by atoms with Crippen molar-refractivity contribution in [2.24, 2.45) is 5.92 Å².